The second-order valence-corrected chi connectivity index (χ2v) is 6.47. The number of aromatic nitrogens is 1. The molecule has 0 saturated carbocycles. The van der Waals surface area contributed by atoms with Crippen molar-refractivity contribution in [1.82, 2.24) is 4.98 Å². The molecule has 2 aromatic carbocycles. The first-order valence-electron chi connectivity index (χ1n) is 8.44. The number of fused-ring (bicyclic) bond motifs is 2. The van der Waals surface area contributed by atoms with E-state index in [4.69, 9.17) is 0 Å². The third kappa shape index (κ3) is 3.09. The molecule has 0 spiro atoms. The van der Waals surface area contributed by atoms with E-state index in [0.717, 1.165) is 12.1 Å². The lowest BCUT2D eigenvalue weighted by atomic mass is 9.98. The van der Waals surface area contributed by atoms with Gasteiger partial charge in [-0.1, -0.05) is 12.1 Å². The fourth-order valence-corrected chi connectivity index (χ4v) is 3.39. The van der Waals surface area contributed by atoms with Crippen LogP contribution in [0, 0.1) is 0 Å². The number of halogens is 3. The first-order chi connectivity index (χ1) is 12.8. The first-order valence-corrected chi connectivity index (χ1v) is 8.44. The van der Waals surface area contributed by atoms with Gasteiger partial charge in [-0.3, -0.25) is 9.78 Å². The number of hydrogen-bond acceptors (Lipinski definition) is 3. The molecule has 4 nitrogen and oxygen atoms in total. The number of phenols is 1. The Kier molecular flexibility index (Phi) is 4.02. The molecule has 1 N–H and O–H groups in total. The number of hydrogen-bond donors (Lipinski definition) is 1. The summed E-state index contributed by atoms with van der Waals surface area (Å²) < 4.78 is 39.3. The van der Waals surface area contributed by atoms with E-state index in [1.165, 1.54) is 23.1 Å². The number of rotatable bonds is 1. The summed E-state index contributed by atoms with van der Waals surface area (Å²) in [6.07, 6.45) is -1.69. The van der Waals surface area contributed by atoms with Crippen molar-refractivity contribution < 1.29 is 23.1 Å². The number of nitrogens with zero attached hydrogens (tertiary/aromatic N) is 2. The molecule has 0 fully saturated rings. The number of alkyl halides is 3. The number of amides is 1. The van der Waals surface area contributed by atoms with Gasteiger partial charge in [-0.05, 0) is 48.7 Å². The van der Waals surface area contributed by atoms with Crippen molar-refractivity contribution in [2.75, 3.05) is 11.4 Å². The van der Waals surface area contributed by atoms with Crippen LogP contribution in [0.4, 0.5) is 18.9 Å². The number of phenolic OH excluding ortho intramolecular Hbond substituents is 1. The van der Waals surface area contributed by atoms with Crippen LogP contribution in [0.15, 0.2) is 48.7 Å². The van der Waals surface area contributed by atoms with Crippen LogP contribution in [0.5, 0.6) is 5.75 Å². The summed E-state index contributed by atoms with van der Waals surface area (Å²) in [5, 5.41) is 11.0. The number of benzene rings is 2. The number of pyridine rings is 1. The number of anilines is 1. The lowest BCUT2D eigenvalue weighted by molar-refractivity contribution is -0.137. The van der Waals surface area contributed by atoms with Crippen molar-refractivity contribution in [3.8, 4) is 5.75 Å². The fraction of sp³-hybridized carbons (Fsp3) is 0.200. The Morgan fingerprint density at radius 1 is 1.15 bits per heavy atom. The number of carbonyl (C=O) groups excluding carboxylic acids is 1. The van der Waals surface area contributed by atoms with Gasteiger partial charge in [0.05, 0.1) is 16.6 Å². The monoisotopic (exact) mass is 372 g/mol. The predicted molar refractivity (Wildman–Crippen MR) is 94.8 cm³/mol. The largest absolute Gasteiger partial charge is 0.507 e. The van der Waals surface area contributed by atoms with E-state index in [1.807, 2.05) is 0 Å². The molecule has 0 unspecified atom stereocenters. The van der Waals surface area contributed by atoms with Crippen LogP contribution in [0.25, 0.3) is 10.9 Å². The zero-order valence-corrected chi connectivity index (χ0v) is 14.1. The third-order valence-electron chi connectivity index (χ3n) is 4.73. The van der Waals surface area contributed by atoms with E-state index >= 15 is 0 Å². The quantitative estimate of drug-likeness (QED) is 0.682. The smallest absolute Gasteiger partial charge is 0.416 e. The highest BCUT2D eigenvalue weighted by atomic mass is 19.4. The summed E-state index contributed by atoms with van der Waals surface area (Å²) in [6.45, 7) is 0.285. The van der Waals surface area contributed by atoms with Crippen molar-refractivity contribution in [1.29, 1.82) is 0 Å². The molecule has 0 saturated heterocycles. The standard InChI is InChI=1S/C20H15F3N2O2/c21-20(22,23)14-6-5-12-4-2-8-25(17(12)10-14)19(27)15-11-16-13(9-18(15)26)3-1-7-24-16/h1,3,5-7,9-11,26H,2,4,8H2. The topological polar surface area (TPSA) is 53.4 Å². The molecule has 0 aliphatic carbocycles. The summed E-state index contributed by atoms with van der Waals surface area (Å²) in [4.78, 5) is 18.5. The maximum absolute atomic E-state index is 13.1. The molecule has 3 aromatic rings. The molecule has 1 amide bonds. The Balaban J connectivity index is 1.79. The van der Waals surface area contributed by atoms with Crippen LogP contribution in [0.1, 0.15) is 27.9 Å². The Hall–Kier alpha value is -3.09. The molecule has 0 atom stereocenters. The van der Waals surface area contributed by atoms with Crippen molar-refractivity contribution in [2.24, 2.45) is 0 Å². The van der Waals surface area contributed by atoms with Crippen molar-refractivity contribution in [2.45, 2.75) is 19.0 Å². The molecule has 0 bridgehead atoms. The summed E-state index contributed by atoms with van der Waals surface area (Å²) in [5.74, 6) is -0.764. The molecule has 1 aromatic heterocycles. The average molecular weight is 372 g/mol. The van der Waals surface area contributed by atoms with E-state index in [0.29, 0.717) is 29.3 Å². The SMILES string of the molecule is O=C(c1cc2ncccc2cc1O)N1CCCc2ccc(C(F)(F)F)cc21. The fourth-order valence-electron chi connectivity index (χ4n) is 3.39. The summed E-state index contributed by atoms with van der Waals surface area (Å²) >= 11 is 0. The van der Waals surface area contributed by atoms with Gasteiger partial charge in [-0.25, -0.2) is 0 Å². The van der Waals surface area contributed by atoms with E-state index in [9.17, 15) is 23.1 Å². The van der Waals surface area contributed by atoms with Crippen molar-refractivity contribution in [3.63, 3.8) is 0 Å². The predicted octanol–water partition coefficient (Wildman–Crippen LogP) is 4.55. The molecule has 138 valence electrons. The van der Waals surface area contributed by atoms with Gasteiger partial charge in [-0.2, -0.15) is 13.2 Å². The normalized spacial score (nSPS) is 14.3. The molecular formula is C20H15F3N2O2. The zero-order valence-electron chi connectivity index (χ0n) is 14.1. The molecule has 27 heavy (non-hydrogen) atoms. The summed E-state index contributed by atoms with van der Waals surface area (Å²) in [5.41, 5.74) is 0.666. The Morgan fingerprint density at radius 3 is 2.74 bits per heavy atom. The zero-order chi connectivity index (χ0) is 19.2. The van der Waals surface area contributed by atoms with E-state index in [2.05, 4.69) is 4.98 Å². The second kappa shape index (κ2) is 6.26. The lowest BCUT2D eigenvalue weighted by Gasteiger charge is -2.30. The van der Waals surface area contributed by atoms with Gasteiger partial charge in [0.1, 0.15) is 5.75 Å². The van der Waals surface area contributed by atoms with Crippen molar-refractivity contribution in [3.05, 3.63) is 65.4 Å². The molecule has 7 heteroatoms. The molecule has 2 heterocycles. The highest BCUT2D eigenvalue weighted by Gasteiger charge is 2.33. The minimum absolute atomic E-state index is 0.0199. The van der Waals surface area contributed by atoms with E-state index in [1.54, 1.807) is 18.3 Å². The Morgan fingerprint density at radius 2 is 1.96 bits per heavy atom. The molecule has 0 radical (unpaired) electrons. The highest BCUT2D eigenvalue weighted by Crippen LogP contribution is 2.37. The second-order valence-electron chi connectivity index (χ2n) is 6.47. The van der Waals surface area contributed by atoms with Gasteiger partial charge in [-0.15, -0.1) is 0 Å². The number of aryl methyl sites for hydroxylation is 1. The average Bonchev–Trinajstić information content (AvgIpc) is 2.65. The van der Waals surface area contributed by atoms with Crippen LogP contribution >= 0.6 is 0 Å². The Bertz CT molecular complexity index is 1050. The molecular weight excluding hydrogens is 357 g/mol. The van der Waals surface area contributed by atoms with Gasteiger partial charge >= 0.3 is 6.18 Å². The molecule has 1 aliphatic rings. The summed E-state index contributed by atoms with van der Waals surface area (Å²) in [6, 6.07) is 9.82. The summed E-state index contributed by atoms with van der Waals surface area (Å²) in [7, 11) is 0. The molecule has 4 rings (SSSR count). The van der Waals surface area contributed by atoms with Gasteiger partial charge in [0.25, 0.3) is 5.91 Å². The molecule has 1 aliphatic heterocycles. The van der Waals surface area contributed by atoms with Crippen LogP contribution in [-0.4, -0.2) is 22.5 Å². The minimum atomic E-state index is -4.49. The third-order valence-corrected chi connectivity index (χ3v) is 4.73. The van der Waals surface area contributed by atoms with Gasteiger partial charge in [0.15, 0.2) is 0 Å². The van der Waals surface area contributed by atoms with Gasteiger partial charge in [0.2, 0.25) is 0 Å². The van der Waals surface area contributed by atoms with Crippen LogP contribution in [0.3, 0.4) is 0 Å². The van der Waals surface area contributed by atoms with Gasteiger partial charge < -0.3 is 10.0 Å². The number of aromatic hydroxyl groups is 1. The van der Waals surface area contributed by atoms with Gasteiger partial charge in [0, 0.05) is 23.8 Å². The van der Waals surface area contributed by atoms with Crippen LogP contribution in [0.2, 0.25) is 0 Å². The van der Waals surface area contributed by atoms with E-state index < -0.39 is 17.6 Å². The van der Waals surface area contributed by atoms with Crippen LogP contribution < -0.4 is 4.90 Å². The Labute approximate surface area is 152 Å². The lowest BCUT2D eigenvalue weighted by Crippen LogP contribution is -2.35. The van der Waals surface area contributed by atoms with Crippen LogP contribution in [-0.2, 0) is 12.6 Å². The van der Waals surface area contributed by atoms with Crippen molar-refractivity contribution >= 4 is 22.5 Å². The van der Waals surface area contributed by atoms with E-state index in [-0.39, 0.29) is 23.5 Å². The highest BCUT2D eigenvalue weighted by molar-refractivity contribution is 6.10. The minimum Gasteiger partial charge on any atom is -0.507 e. The first kappa shape index (κ1) is 17.3. The maximum Gasteiger partial charge on any atom is 0.416 e. The number of carbonyl (C=O) groups is 1. The maximum atomic E-state index is 13.1.